The van der Waals surface area contributed by atoms with E-state index in [4.69, 9.17) is 4.74 Å². The SMILES string of the molecule is C=CCCCOc1c(C)cc(CNCC(C)C)cc1C. The first-order valence-corrected chi connectivity index (χ1v) is 7.59. The third-order valence-electron chi connectivity index (χ3n) is 3.20. The molecule has 1 N–H and O–H groups in total. The molecule has 0 heterocycles. The predicted octanol–water partition coefficient (Wildman–Crippen LogP) is 4.39. The fourth-order valence-corrected chi connectivity index (χ4v) is 2.28. The average Bonchev–Trinajstić information content (AvgIpc) is 2.36. The zero-order valence-electron chi connectivity index (χ0n) is 13.5. The van der Waals surface area contributed by atoms with Crippen molar-refractivity contribution >= 4 is 0 Å². The van der Waals surface area contributed by atoms with Crippen LogP contribution in [0.2, 0.25) is 0 Å². The van der Waals surface area contributed by atoms with Crippen LogP contribution in [-0.4, -0.2) is 13.2 Å². The minimum atomic E-state index is 0.685. The quantitative estimate of drug-likeness (QED) is 0.533. The number of hydrogen-bond donors (Lipinski definition) is 1. The summed E-state index contributed by atoms with van der Waals surface area (Å²) in [7, 11) is 0. The van der Waals surface area contributed by atoms with Crippen LogP contribution >= 0.6 is 0 Å². The molecule has 0 saturated heterocycles. The van der Waals surface area contributed by atoms with Gasteiger partial charge in [0.25, 0.3) is 0 Å². The Balaban J connectivity index is 2.58. The molecule has 2 heteroatoms. The highest BCUT2D eigenvalue weighted by molar-refractivity contribution is 5.43. The van der Waals surface area contributed by atoms with E-state index in [-0.39, 0.29) is 0 Å². The van der Waals surface area contributed by atoms with Crippen molar-refractivity contribution in [3.05, 3.63) is 41.5 Å². The average molecular weight is 275 g/mol. The minimum absolute atomic E-state index is 0.685. The first-order chi connectivity index (χ1) is 9.54. The van der Waals surface area contributed by atoms with Crippen LogP contribution in [0.15, 0.2) is 24.8 Å². The van der Waals surface area contributed by atoms with Crippen molar-refractivity contribution in [3.63, 3.8) is 0 Å². The van der Waals surface area contributed by atoms with Gasteiger partial charge in [0.15, 0.2) is 0 Å². The first kappa shape index (κ1) is 16.8. The van der Waals surface area contributed by atoms with Gasteiger partial charge in [0.05, 0.1) is 6.61 Å². The highest BCUT2D eigenvalue weighted by Gasteiger charge is 2.06. The highest BCUT2D eigenvalue weighted by Crippen LogP contribution is 2.25. The first-order valence-electron chi connectivity index (χ1n) is 7.59. The Morgan fingerprint density at radius 2 is 1.90 bits per heavy atom. The van der Waals surface area contributed by atoms with Gasteiger partial charge in [0.1, 0.15) is 5.75 Å². The van der Waals surface area contributed by atoms with Crippen LogP contribution in [0.5, 0.6) is 5.75 Å². The topological polar surface area (TPSA) is 21.3 Å². The van der Waals surface area contributed by atoms with Crippen molar-refractivity contribution in [2.75, 3.05) is 13.2 Å². The van der Waals surface area contributed by atoms with E-state index < -0.39 is 0 Å². The molecule has 0 aliphatic rings. The summed E-state index contributed by atoms with van der Waals surface area (Å²) < 4.78 is 5.90. The third-order valence-corrected chi connectivity index (χ3v) is 3.20. The lowest BCUT2D eigenvalue weighted by atomic mass is 10.1. The van der Waals surface area contributed by atoms with Gasteiger partial charge in [-0.2, -0.15) is 0 Å². The number of hydrogen-bond acceptors (Lipinski definition) is 2. The van der Waals surface area contributed by atoms with Crippen molar-refractivity contribution in [2.24, 2.45) is 5.92 Å². The number of ether oxygens (including phenoxy) is 1. The summed E-state index contributed by atoms with van der Waals surface area (Å²) in [6.45, 7) is 15.2. The molecule has 0 aliphatic heterocycles. The number of nitrogens with one attached hydrogen (secondary N) is 1. The summed E-state index contributed by atoms with van der Waals surface area (Å²) >= 11 is 0. The van der Waals surface area contributed by atoms with Gasteiger partial charge in [-0.15, -0.1) is 6.58 Å². The molecule has 0 atom stereocenters. The van der Waals surface area contributed by atoms with Crippen LogP contribution in [0, 0.1) is 19.8 Å². The lowest BCUT2D eigenvalue weighted by Gasteiger charge is -2.15. The van der Waals surface area contributed by atoms with Crippen LogP contribution < -0.4 is 10.1 Å². The van der Waals surface area contributed by atoms with Gasteiger partial charge < -0.3 is 10.1 Å². The molecule has 0 fully saturated rings. The van der Waals surface area contributed by atoms with Gasteiger partial charge in [-0.05, 0) is 55.8 Å². The lowest BCUT2D eigenvalue weighted by molar-refractivity contribution is 0.308. The molecule has 0 aromatic heterocycles. The van der Waals surface area contributed by atoms with Crippen molar-refractivity contribution in [3.8, 4) is 5.75 Å². The zero-order valence-corrected chi connectivity index (χ0v) is 13.5. The van der Waals surface area contributed by atoms with Gasteiger partial charge >= 0.3 is 0 Å². The molecule has 112 valence electrons. The van der Waals surface area contributed by atoms with Crippen molar-refractivity contribution in [1.82, 2.24) is 5.32 Å². The molecular formula is C18H29NO. The van der Waals surface area contributed by atoms with Gasteiger partial charge in [0, 0.05) is 6.54 Å². The summed E-state index contributed by atoms with van der Waals surface area (Å²) in [5.41, 5.74) is 3.79. The Morgan fingerprint density at radius 3 is 2.45 bits per heavy atom. The van der Waals surface area contributed by atoms with E-state index >= 15 is 0 Å². The summed E-state index contributed by atoms with van der Waals surface area (Å²) in [5, 5.41) is 3.48. The molecule has 1 rings (SSSR count). The highest BCUT2D eigenvalue weighted by atomic mass is 16.5. The Labute approximate surface area is 124 Å². The molecule has 1 aromatic carbocycles. The Morgan fingerprint density at radius 1 is 1.25 bits per heavy atom. The van der Waals surface area contributed by atoms with E-state index in [1.807, 2.05) is 6.08 Å². The van der Waals surface area contributed by atoms with Crippen molar-refractivity contribution in [1.29, 1.82) is 0 Å². The number of allylic oxidation sites excluding steroid dienone is 1. The molecule has 0 saturated carbocycles. The second-order valence-electron chi connectivity index (χ2n) is 5.86. The van der Waals surface area contributed by atoms with Gasteiger partial charge in [-0.3, -0.25) is 0 Å². The fourth-order valence-electron chi connectivity index (χ4n) is 2.28. The monoisotopic (exact) mass is 275 g/mol. The zero-order chi connectivity index (χ0) is 15.0. The van der Waals surface area contributed by atoms with Gasteiger partial charge in [0.2, 0.25) is 0 Å². The van der Waals surface area contributed by atoms with Crippen molar-refractivity contribution in [2.45, 2.75) is 47.1 Å². The lowest BCUT2D eigenvalue weighted by Crippen LogP contribution is -2.19. The fraction of sp³-hybridized carbons (Fsp3) is 0.556. The van der Waals surface area contributed by atoms with E-state index in [1.54, 1.807) is 0 Å². The van der Waals surface area contributed by atoms with Crippen LogP contribution in [-0.2, 0) is 6.54 Å². The third kappa shape index (κ3) is 5.79. The maximum atomic E-state index is 5.90. The molecule has 0 unspecified atom stereocenters. The Hall–Kier alpha value is -1.28. The summed E-state index contributed by atoms with van der Waals surface area (Å²) in [6, 6.07) is 4.45. The van der Waals surface area contributed by atoms with E-state index in [2.05, 4.69) is 51.7 Å². The standard InChI is InChI=1S/C18H29NO/c1-6-7-8-9-20-18-15(4)10-17(11-16(18)5)13-19-12-14(2)3/h6,10-11,14,19H,1,7-9,12-13H2,2-5H3. The molecule has 0 amide bonds. The largest absolute Gasteiger partial charge is 0.493 e. The molecule has 0 bridgehead atoms. The summed E-state index contributed by atoms with van der Waals surface area (Å²) in [6.07, 6.45) is 3.97. The normalized spacial score (nSPS) is 10.8. The molecule has 0 spiro atoms. The van der Waals surface area contributed by atoms with E-state index in [1.165, 1.54) is 16.7 Å². The predicted molar refractivity (Wildman–Crippen MR) is 87.4 cm³/mol. The molecule has 0 radical (unpaired) electrons. The molecule has 2 nitrogen and oxygen atoms in total. The Bertz CT molecular complexity index is 400. The maximum absolute atomic E-state index is 5.90. The van der Waals surface area contributed by atoms with Crippen molar-refractivity contribution < 1.29 is 4.74 Å². The van der Waals surface area contributed by atoms with Gasteiger partial charge in [-0.1, -0.05) is 32.1 Å². The van der Waals surface area contributed by atoms with E-state index in [0.717, 1.165) is 38.3 Å². The smallest absolute Gasteiger partial charge is 0.125 e. The molecule has 0 aliphatic carbocycles. The molecule has 1 aromatic rings. The number of aryl methyl sites for hydroxylation is 2. The van der Waals surface area contributed by atoms with Crippen LogP contribution in [0.25, 0.3) is 0 Å². The molecular weight excluding hydrogens is 246 g/mol. The number of unbranched alkanes of at least 4 members (excludes halogenated alkanes) is 1. The van der Waals surface area contributed by atoms with E-state index in [9.17, 15) is 0 Å². The summed E-state index contributed by atoms with van der Waals surface area (Å²) in [5.74, 6) is 1.73. The maximum Gasteiger partial charge on any atom is 0.125 e. The summed E-state index contributed by atoms with van der Waals surface area (Å²) in [4.78, 5) is 0. The minimum Gasteiger partial charge on any atom is -0.493 e. The Kier molecular flexibility index (Phi) is 7.38. The second-order valence-corrected chi connectivity index (χ2v) is 5.86. The van der Waals surface area contributed by atoms with E-state index in [0.29, 0.717) is 5.92 Å². The van der Waals surface area contributed by atoms with Gasteiger partial charge in [-0.25, -0.2) is 0 Å². The van der Waals surface area contributed by atoms with Crippen LogP contribution in [0.3, 0.4) is 0 Å². The van der Waals surface area contributed by atoms with Crippen LogP contribution in [0.1, 0.15) is 43.4 Å². The molecule has 20 heavy (non-hydrogen) atoms. The number of benzene rings is 1. The van der Waals surface area contributed by atoms with Crippen LogP contribution in [0.4, 0.5) is 0 Å². The second kappa shape index (κ2) is 8.80. The number of rotatable bonds is 9.